The molecule has 0 saturated carbocycles. The van der Waals surface area contributed by atoms with Gasteiger partial charge in [-0.15, -0.1) is 0 Å². The first kappa shape index (κ1) is 17.1. The van der Waals surface area contributed by atoms with Gasteiger partial charge in [0.2, 0.25) is 0 Å². The summed E-state index contributed by atoms with van der Waals surface area (Å²) in [5.41, 5.74) is 2.07. The van der Waals surface area contributed by atoms with Gasteiger partial charge in [-0.1, -0.05) is 42.5 Å². The third-order valence-corrected chi connectivity index (χ3v) is 5.06. The third kappa shape index (κ3) is 2.84. The van der Waals surface area contributed by atoms with Crippen molar-refractivity contribution in [1.29, 1.82) is 0 Å². The molecule has 142 valence electrons. The average molecular weight is 383 g/mol. The van der Waals surface area contributed by atoms with Gasteiger partial charge in [-0.2, -0.15) is 0 Å². The summed E-state index contributed by atoms with van der Waals surface area (Å²) in [5, 5.41) is 16.8. The number of para-hydroxylation sites is 1. The van der Waals surface area contributed by atoms with Crippen LogP contribution in [-0.4, -0.2) is 18.1 Å². The van der Waals surface area contributed by atoms with Gasteiger partial charge in [0.1, 0.15) is 22.7 Å². The van der Waals surface area contributed by atoms with Gasteiger partial charge in [-0.3, -0.25) is 4.79 Å². The highest BCUT2D eigenvalue weighted by Gasteiger charge is 2.17. The van der Waals surface area contributed by atoms with Crippen molar-refractivity contribution in [2.24, 2.45) is 0 Å². The van der Waals surface area contributed by atoms with Crippen LogP contribution in [0.2, 0.25) is 0 Å². The minimum atomic E-state index is -0.429. The van der Waals surface area contributed by atoms with Gasteiger partial charge < -0.3 is 19.6 Å². The second kappa shape index (κ2) is 6.56. The molecule has 0 atom stereocenters. The van der Waals surface area contributed by atoms with Crippen LogP contribution in [0.25, 0.3) is 32.7 Å². The SMILES string of the molecule is COc1cc2c(cc1NC(=O)c1cc3ccccc3cc1O)oc1ccccc12. The first-order chi connectivity index (χ1) is 14.1. The van der Waals surface area contributed by atoms with Crippen molar-refractivity contribution in [2.75, 3.05) is 12.4 Å². The molecule has 0 aliphatic carbocycles. The first-order valence-electron chi connectivity index (χ1n) is 9.16. The number of furan rings is 1. The largest absolute Gasteiger partial charge is 0.507 e. The zero-order chi connectivity index (χ0) is 20.0. The lowest BCUT2D eigenvalue weighted by Crippen LogP contribution is -2.13. The number of nitrogens with one attached hydrogen (secondary N) is 1. The molecule has 1 amide bonds. The molecule has 0 aliphatic heterocycles. The van der Waals surface area contributed by atoms with Crippen molar-refractivity contribution >= 4 is 44.3 Å². The molecule has 5 aromatic rings. The number of phenolic OH excluding ortho intramolecular Hbond substituents is 1. The van der Waals surface area contributed by atoms with E-state index in [9.17, 15) is 9.90 Å². The number of benzene rings is 4. The van der Waals surface area contributed by atoms with Crippen molar-refractivity contribution < 1.29 is 19.1 Å². The molecule has 0 spiro atoms. The number of hydrogen-bond acceptors (Lipinski definition) is 4. The summed E-state index contributed by atoms with van der Waals surface area (Å²) in [6, 6.07) is 22.1. The summed E-state index contributed by atoms with van der Waals surface area (Å²) in [6.45, 7) is 0. The maximum absolute atomic E-state index is 12.9. The molecule has 1 aromatic heterocycles. The van der Waals surface area contributed by atoms with E-state index in [1.54, 1.807) is 25.3 Å². The Hall–Kier alpha value is -3.99. The number of hydrogen-bond donors (Lipinski definition) is 2. The first-order valence-corrected chi connectivity index (χ1v) is 9.16. The van der Waals surface area contributed by atoms with E-state index in [2.05, 4.69) is 5.32 Å². The molecule has 5 heteroatoms. The van der Waals surface area contributed by atoms with E-state index in [0.717, 1.165) is 27.1 Å². The Kier molecular flexibility index (Phi) is 3.88. The van der Waals surface area contributed by atoms with Crippen molar-refractivity contribution in [1.82, 2.24) is 0 Å². The Morgan fingerprint density at radius 1 is 0.897 bits per heavy atom. The van der Waals surface area contributed by atoms with Crippen LogP contribution >= 0.6 is 0 Å². The lowest BCUT2D eigenvalue weighted by Gasteiger charge is -2.12. The number of fused-ring (bicyclic) bond motifs is 4. The summed E-state index contributed by atoms with van der Waals surface area (Å²) >= 11 is 0. The van der Waals surface area contributed by atoms with Crippen molar-refractivity contribution in [3.8, 4) is 11.5 Å². The zero-order valence-corrected chi connectivity index (χ0v) is 15.6. The molecule has 29 heavy (non-hydrogen) atoms. The molecule has 0 radical (unpaired) electrons. The van der Waals surface area contributed by atoms with Crippen molar-refractivity contribution in [3.05, 3.63) is 78.4 Å². The number of phenols is 1. The van der Waals surface area contributed by atoms with Gasteiger partial charge >= 0.3 is 0 Å². The van der Waals surface area contributed by atoms with E-state index >= 15 is 0 Å². The Labute approximate surface area is 166 Å². The van der Waals surface area contributed by atoms with Crippen LogP contribution in [-0.2, 0) is 0 Å². The highest BCUT2D eigenvalue weighted by molar-refractivity contribution is 6.12. The Balaban J connectivity index is 1.58. The average Bonchev–Trinajstić information content (AvgIpc) is 3.09. The third-order valence-electron chi connectivity index (χ3n) is 5.06. The summed E-state index contributed by atoms with van der Waals surface area (Å²) < 4.78 is 11.4. The zero-order valence-electron chi connectivity index (χ0n) is 15.6. The number of carbonyl (C=O) groups excluding carboxylic acids is 1. The standard InChI is InChI=1S/C24H17NO4/c1-28-23-12-17-16-8-4-5-9-21(16)29-22(17)13-19(23)25-24(27)18-10-14-6-2-3-7-15(14)11-20(18)26/h2-13,26H,1H3,(H,25,27). The number of amides is 1. The van der Waals surface area contributed by atoms with Crippen molar-refractivity contribution in [2.45, 2.75) is 0 Å². The van der Waals surface area contributed by atoms with Gasteiger partial charge in [0.25, 0.3) is 5.91 Å². The van der Waals surface area contributed by atoms with E-state index in [1.165, 1.54) is 0 Å². The Morgan fingerprint density at radius 3 is 2.41 bits per heavy atom. The number of rotatable bonds is 3. The molecule has 2 N–H and O–H groups in total. The van der Waals surface area contributed by atoms with Gasteiger partial charge in [-0.25, -0.2) is 0 Å². The lowest BCUT2D eigenvalue weighted by atomic mass is 10.1. The maximum Gasteiger partial charge on any atom is 0.259 e. The quantitative estimate of drug-likeness (QED) is 0.419. The molecule has 1 heterocycles. The van der Waals surface area contributed by atoms with Crippen LogP contribution in [0, 0.1) is 0 Å². The fourth-order valence-electron chi connectivity index (χ4n) is 3.62. The Morgan fingerprint density at radius 2 is 1.62 bits per heavy atom. The molecule has 5 rings (SSSR count). The van der Waals surface area contributed by atoms with E-state index in [4.69, 9.17) is 9.15 Å². The normalized spacial score (nSPS) is 11.2. The fourth-order valence-corrected chi connectivity index (χ4v) is 3.62. The maximum atomic E-state index is 12.9. The smallest absolute Gasteiger partial charge is 0.259 e. The number of methoxy groups -OCH3 is 1. The van der Waals surface area contributed by atoms with E-state index in [0.29, 0.717) is 17.0 Å². The van der Waals surface area contributed by atoms with E-state index in [-0.39, 0.29) is 11.3 Å². The van der Waals surface area contributed by atoms with Crippen LogP contribution in [0.15, 0.2) is 77.2 Å². The second-order valence-electron chi connectivity index (χ2n) is 6.82. The molecule has 0 bridgehead atoms. The predicted molar refractivity (Wildman–Crippen MR) is 114 cm³/mol. The molecule has 0 unspecified atom stereocenters. The topological polar surface area (TPSA) is 71.7 Å². The summed E-state index contributed by atoms with van der Waals surface area (Å²) in [5.74, 6) is 0.00433. The van der Waals surface area contributed by atoms with Crippen LogP contribution in [0.4, 0.5) is 5.69 Å². The molecular weight excluding hydrogens is 366 g/mol. The van der Waals surface area contributed by atoms with Gasteiger partial charge in [0, 0.05) is 16.8 Å². The molecule has 0 saturated heterocycles. The molecule has 4 aromatic carbocycles. The minimum absolute atomic E-state index is 0.0787. The molecule has 0 fully saturated rings. The molecule has 0 aliphatic rings. The van der Waals surface area contributed by atoms with Gasteiger partial charge in [0.05, 0.1) is 18.4 Å². The number of aromatic hydroxyl groups is 1. The number of carbonyl (C=O) groups is 1. The van der Waals surface area contributed by atoms with Crippen LogP contribution in [0.1, 0.15) is 10.4 Å². The fraction of sp³-hybridized carbons (Fsp3) is 0.0417. The molecular formula is C24H17NO4. The lowest BCUT2D eigenvalue weighted by molar-refractivity contribution is 0.102. The molecule has 5 nitrogen and oxygen atoms in total. The monoisotopic (exact) mass is 383 g/mol. The van der Waals surface area contributed by atoms with Crippen LogP contribution in [0.3, 0.4) is 0 Å². The summed E-state index contributed by atoms with van der Waals surface area (Å²) in [6.07, 6.45) is 0. The minimum Gasteiger partial charge on any atom is -0.507 e. The predicted octanol–water partition coefficient (Wildman–Crippen LogP) is 5.71. The van der Waals surface area contributed by atoms with Crippen LogP contribution in [0.5, 0.6) is 11.5 Å². The second-order valence-corrected chi connectivity index (χ2v) is 6.82. The highest BCUT2D eigenvalue weighted by atomic mass is 16.5. The summed E-state index contributed by atoms with van der Waals surface area (Å²) in [7, 11) is 1.55. The number of anilines is 1. The Bertz CT molecular complexity index is 1400. The van der Waals surface area contributed by atoms with E-state index < -0.39 is 5.91 Å². The van der Waals surface area contributed by atoms with Crippen LogP contribution < -0.4 is 10.1 Å². The highest BCUT2D eigenvalue weighted by Crippen LogP contribution is 2.37. The number of ether oxygens (including phenoxy) is 1. The van der Waals surface area contributed by atoms with Gasteiger partial charge in [-0.05, 0) is 35.0 Å². The van der Waals surface area contributed by atoms with E-state index in [1.807, 2.05) is 54.6 Å². The van der Waals surface area contributed by atoms with Gasteiger partial charge in [0.15, 0.2) is 0 Å². The van der Waals surface area contributed by atoms with Crippen molar-refractivity contribution in [3.63, 3.8) is 0 Å². The summed E-state index contributed by atoms with van der Waals surface area (Å²) in [4.78, 5) is 12.9.